The number of benzene rings is 1. The summed E-state index contributed by atoms with van der Waals surface area (Å²) in [5.74, 6) is 0.183. The van der Waals surface area contributed by atoms with Gasteiger partial charge in [0.2, 0.25) is 0 Å². The summed E-state index contributed by atoms with van der Waals surface area (Å²) in [4.78, 5) is 0. The molecular formula is C15H19ClF3NO. The van der Waals surface area contributed by atoms with Crippen LogP contribution in [-0.2, 0) is 11.6 Å². The van der Waals surface area contributed by atoms with E-state index < -0.39 is 11.7 Å². The van der Waals surface area contributed by atoms with Crippen LogP contribution < -0.4 is 10.5 Å². The van der Waals surface area contributed by atoms with Crippen molar-refractivity contribution in [1.82, 2.24) is 0 Å². The molecule has 2 nitrogen and oxygen atoms in total. The van der Waals surface area contributed by atoms with Gasteiger partial charge in [0, 0.05) is 22.5 Å². The van der Waals surface area contributed by atoms with Gasteiger partial charge in [0.25, 0.3) is 0 Å². The topological polar surface area (TPSA) is 35.2 Å². The van der Waals surface area contributed by atoms with Crippen LogP contribution in [0, 0.1) is 0 Å². The molecule has 0 aliphatic heterocycles. The molecule has 1 aromatic rings. The van der Waals surface area contributed by atoms with Gasteiger partial charge < -0.3 is 10.5 Å². The molecule has 0 spiro atoms. The Bertz CT molecular complexity index is 510. The van der Waals surface area contributed by atoms with Crippen LogP contribution in [-0.4, -0.2) is 13.7 Å². The van der Waals surface area contributed by atoms with Crippen molar-refractivity contribution in [1.29, 1.82) is 0 Å². The van der Waals surface area contributed by atoms with E-state index in [-0.39, 0.29) is 16.2 Å². The number of rotatable bonds is 3. The highest BCUT2D eigenvalue weighted by Gasteiger charge is 2.39. The number of hydrogen-bond donors (Lipinski definition) is 1. The summed E-state index contributed by atoms with van der Waals surface area (Å²) >= 11 is 6.19. The molecule has 0 radical (unpaired) electrons. The first-order valence-corrected chi connectivity index (χ1v) is 7.37. The maximum atomic E-state index is 12.9. The second-order valence-corrected chi connectivity index (χ2v) is 5.99. The molecule has 0 saturated heterocycles. The Morgan fingerprint density at radius 2 is 1.86 bits per heavy atom. The van der Waals surface area contributed by atoms with Crippen LogP contribution in [0.4, 0.5) is 13.2 Å². The Morgan fingerprint density at radius 1 is 1.24 bits per heavy atom. The van der Waals surface area contributed by atoms with Gasteiger partial charge >= 0.3 is 6.18 Å². The first kappa shape index (κ1) is 16.4. The highest BCUT2D eigenvalue weighted by atomic mass is 35.5. The maximum Gasteiger partial charge on any atom is 0.416 e. The Labute approximate surface area is 127 Å². The molecule has 118 valence electrons. The van der Waals surface area contributed by atoms with Gasteiger partial charge in [0.1, 0.15) is 5.75 Å². The summed E-state index contributed by atoms with van der Waals surface area (Å²) in [6.07, 6.45) is 0.311. The SMILES string of the molecule is COc1cc(C(F)(F)F)cc(Cl)c1C1(CN)CCCCC1. The summed E-state index contributed by atoms with van der Waals surface area (Å²) in [5, 5.41) is 0.0917. The van der Waals surface area contributed by atoms with Crippen molar-refractivity contribution >= 4 is 11.6 Å². The minimum atomic E-state index is -4.45. The van der Waals surface area contributed by atoms with Gasteiger partial charge in [-0.1, -0.05) is 30.9 Å². The largest absolute Gasteiger partial charge is 0.496 e. The van der Waals surface area contributed by atoms with Crippen LogP contribution in [0.25, 0.3) is 0 Å². The molecule has 21 heavy (non-hydrogen) atoms. The van der Waals surface area contributed by atoms with E-state index in [2.05, 4.69) is 0 Å². The standard InChI is InChI=1S/C15H19ClF3NO/c1-21-12-8-10(15(17,18)19)7-11(16)13(12)14(9-20)5-3-2-4-6-14/h7-8H,2-6,9,20H2,1H3. The number of halogens is 4. The smallest absolute Gasteiger partial charge is 0.416 e. The molecule has 1 saturated carbocycles. The van der Waals surface area contributed by atoms with Gasteiger partial charge in [-0.15, -0.1) is 0 Å². The molecule has 0 aromatic heterocycles. The molecule has 0 unspecified atom stereocenters. The molecule has 2 N–H and O–H groups in total. The minimum Gasteiger partial charge on any atom is -0.496 e. The third-order valence-corrected chi connectivity index (χ3v) is 4.63. The molecule has 1 aromatic carbocycles. The van der Waals surface area contributed by atoms with Crippen LogP contribution in [0.2, 0.25) is 5.02 Å². The fraction of sp³-hybridized carbons (Fsp3) is 0.600. The third-order valence-electron chi connectivity index (χ3n) is 4.33. The van der Waals surface area contributed by atoms with E-state index in [1.165, 1.54) is 7.11 Å². The fourth-order valence-corrected chi connectivity index (χ4v) is 3.62. The lowest BCUT2D eigenvalue weighted by atomic mass is 9.69. The quantitative estimate of drug-likeness (QED) is 0.887. The molecule has 1 fully saturated rings. The molecule has 0 bridgehead atoms. The van der Waals surface area contributed by atoms with Gasteiger partial charge in [-0.2, -0.15) is 13.2 Å². The van der Waals surface area contributed by atoms with Crippen molar-refractivity contribution < 1.29 is 17.9 Å². The van der Waals surface area contributed by atoms with Crippen molar-refractivity contribution in [3.63, 3.8) is 0 Å². The van der Waals surface area contributed by atoms with Gasteiger partial charge in [0.05, 0.1) is 12.7 Å². The van der Waals surface area contributed by atoms with Crippen molar-refractivity contribution in [2.24, 2.45) is 5.73 Å². The molecule has 0 amide bonds. The lowest BCUT2D eigenvalue weighted by molar-refractivity contribution is -0.137. The minimum absolute atomic E-state index is 0.0917. The summed E-state index contributed by atoms with van der Waals surface area (Å²) < 4.78 is 43.9. The van der Waals surface area contributed by atoms with Gasteiger partial charge in [0.15, 0.2) is 0 Å². The van der Waals surface area contributed by atoms with Crippen molar-refractivity contribution in [2.75, 3.05) is 13.7 Å². The molecule has 6 heteroatoms. The van der Waals surface area contributed by atoms with Crippen LogP contribution in [0.1, 0.15) is 43.2 Å². The Morgan fingerprint density at radius 3 is 2.33 bits per heavy atom. The van der Waals surface area contributed by atoms with Crippen LogP contribution in [0.15, 0.2) is 12.1 Å². The predicted octanol–water partition coefficient (Wildman–Crippen LogP) is 4.53. The summed E-state index contributed by atoms with van der Waals surface area (Å²) in [7, 11) is 1.36. The monoisotopic (exact) mass is 321 g/mol. The highest BCUT2D eigenvalue weighted by Crippen LogP contribution is 2.47. The summed E-state index contributed by atoms with van der Waals surface area (Å²) in [6, 6.07) is 2.00. The van der Waals surface area contributed by atoms with E-state index in [0.717, 1.165) is 44.2 Å². The number of nitrogens with two attached hydrogens (primary N) is 1. The van der Waals surface area contributed by atoms with E-state index in [1.807, 2.05) is 0 Å². The zero-order chi connectivity index (χ0) is 15.7. The molecule has 0 heterocycles. The normalized spacial score (nSPS) is 18.6. The first-order chi connectivity index (χ1) is 9.84. The lowest BCUT2D eigenvalue weighted by Gasteiger charge is -2.38. The number of alkyl halides is 3. The van der Waals surface area contributed by atoms with Crippen LogP contribution >= 0.6 is 11.6 Å². The summed E-state index contributed by atoms with van der Waals surface area (Å²) in [6.45, 7) is 0.356. The van der Waals surface area contributed by atoms with Crippen LogP contribution in [0.5, 0.6) is 5.75 Å². The highest BCUT2D eigenvalue weighted by molar-refractivity contribution is 6.31. The van der Waals surface area contributed by atoms with Gasteiger partial charge in [-0.25, -0.2) is 0 Å². The molecule has 1 aliphatic rings. The van der Waals surface area contributed by atoms with E-state index >= 15 is 0 Å². The summed E-state index contributed by atoms with van der Waals surface area (Å²) in [5.41, 5.74) is 5.40. The second-order valence-electron chi connectivity index (χ2n) is 5.58. The Hall–Kier alpha value is -0.940. The van der Waals surface area contributed by atoms with Crippen molar-refractivity contribution in [3.8, 4) is 5.75 Å². The van der Waals surface area contributed by atoms with E-state index in [1.54, 1.807) is 0 Å². The Kier molecular flexibility index (Phi) is 4.73. The van der Waals surface area contributed by atoms with E-state index in [0.29, 0.717) is 12.1 Å². The lowest BCUT2D eigenvalue weighted by Crippen LogP contribution is -2.38. The molecule has 1 aliphatic carbocycles. The average molecular weight is 322 g/mol. The zero-order valence-corrected chi connectivity index (χ0v) is 12.7. The van der Waals surface area contributed by atoms with Crippen molar-refractivity contribution in [3.05, 3.63) is 28.3 Å². The maximum absolute atomic E-state index is 12.9. The zero-order valence-electron chi connectivity index (χ0n) is 11.9. The Balaban J connectivity index is 2.57. The molecular weight excluding hydrogens is 303 g/mol. The van der Waals surface area contributed by atoms with Crippen LogP contribution in [0.3, 0.4) is 0 Å². The average Bonchev–Trinajstić information content (AvgIpc) is 2.46. The number of ether oxygens (including phenoxy) is 1. The second kappa shape index (κ2) is 6.05. The molecule has 0 atom stereocenters. The third kappa shape index (κ3) is 3.14. The van der Waals surface area contributed by atoms with E-state index in [9.17, 15) is 13.2 Å². The first-order valence-electron chi connectivity index (χ1n) is 6.99. The van der Waals surface area contributed by atoms with Gasteiger partial charge in [-0.3, -0.25) is 0 Å². The van der Waals surface area contributed by atoms with Crippen molar-refractivity contribution in [2.45, 2.75) is 43.7 Å². The number of methoxy groups -OCH3 is 1. The van der Waals surface area contributed by atoms with Gasteiger partial charge in [-0.05, 0) is 25.0 Å². The molecule has 2 rings (SSSR count). The van der Waals surface area contributed by atoms with E-state index in [4.69, 9.17) is 22.1 Å². The predicted molar refractivity (Wildman–Crippen MR) is 76.8 cm³/mol. The number of hydrogen-bond acceptors (Lipinski definition) is 2. The fourth-order valence-electron chi connectivity index (χ4n) is 3.21.